The Morgan fingerprint density at radius 1 is 0.889 bits per heavy atom. The molecule has 2 aromatic carbocycles. The van der Waals surface area contributed by atoms with Crippen LogP contribution in [0.5, 0.6) is 0 Å². The predicted octanol–water partition coefficient (Wildman–Crippen LogP) is 3.74. The summed E-state index contributed by atoms with van der Waals surface area (Å²) in [5.41, 5.74) is 7.32. The predicted molar refractivity (Wildman–Crippen MR) is 65.2 cm³/mol. The van der Waals surface area contributed by atoms with E-state index in [1.165, 1.54) is 0 Å². The van der Waals surface area contributed by atoms with Gasteiger partial charge in [-0.3, -0.25) is 0 Å². The second-order valence-electron chi connectivity index (χ2n) is 3.95. The molecule has 0 saturated heterocycles. The lowest BCUT2D eigenvalue weighted by Gasteiger charge is -2.11. The Labute approximate surface area is 102 Å². The summed E-state index contributed by atoms with van der Waals surface area (Å²) >= 11 is 0. The number of hydrogen-bond donors (Lipinski definition) is 2. The Kier molecular flexibility index (Phi) is 3.14. The molecule has 0 atom stereocenters. The SMILES string of the molecule is Cc1ccc(N)cc1Nc1cc(F)c(F)cc1F. The van der Waals surface area contributed by atoms with Crippen LogP contribution in [-0.2, 0) is 0 Å². The number of nitrogens with two attached hydrogens (primary N) is 1. The lowest BCUT2D eigenvalue weighted by Crippen LogP contribution is -1.99. The van der Waals surface area contributed by atoms with Crippen LogP contribution in [0.1, 0.15) is 5.56 Å². The second kappa shape index (κ2) is 4.60. The van der Waals surface area contributed by atoms with Crippen LogP contribution in [0.4, 0.5) is 30.2 Å². The van der Waals surface area contributed by atoms with Gasteiger partial charge < -0.3 is 11.1 Å². The topological polar surface area (TPSA) is 38.0 Å². The highest BCUT2D eigenvalue weighted by atomic mass is 19.2. The average molecular weight is 252 g/mol. The average Bonchev–Trinajstić information content (AvgIpc) is 2.30. The molecular formula is C13H11F3N2. The molecular weight excluding hydrogens is 241 g/mol. The number of nitrogen functional groups attached to an aromatic ring is 1. The lowest BCUT2D eigenvalue weighted by molar-refractivity contribution is 0.496. The van der Waals surface area contributed by atoms with Gasteiger partial charge in [-0.25, -0.2) is 13.2 Å². The molecule has 0 amide bonds. The molecule has 5 heteroatoms. The third-order valence-corrected chi connectivity index (χ3v) is 2.54. The van der Waals surface area contributed by atoms with Gasteiger partial charge in [0.2, 0.25) is 0 Å². The van der Waals surface area contributed by atoms with Gasteiger partial charge in [-0.2, -0.15) is 0 Å². The maximum atomic E-state index is 13.4. The summed E-state index contributed by atoms with van der Waals surface area (Å²) in [5.74, 6) is -3.20. The molecule has 0 aliphatic rings. The van der Waals surface area contributed by atoms with Crippen LogP contribution >= 0.6 is 0 Å². The molecule has 0 saturated carbocycles. The molecule has 2 rings (SSSR count). The van der Waals surface area contributed by atoms with E-state index in [9.17, 15) is 13.2 Å². The molecule has 0 spiro atoms. The second-order valence-corrected chi connectivity index (χ2v) is 3.95. The van der Waals surface area contributed by atoms with Gasteiger partial charge in [0.25, 0.3) is 0 Å². The van der Waals surface area contributed by atoms with E-state index in [1.54, 1.807) is 25.1 Å². The van der Waals surface area contributed by atoms with Gasteiger partial charge in [0.05, 0.1) is 5.69 Å². The van der Waals surface area contributed by atoms with E-state index in [4.69, 9.17) is 5.73 Å². The fraction of sp³-hybridized carbons (Fsp3) is 0.0769. The van der Waals surface area contributed by atoms with Gasteiger partial charge in [0.15, 0.2) is 11.6 Å². The third-order valence-electron chi connectivity index (χ3n) is 2.54. The first-order chi connectivity index (χ1) is 8.47. The van der Waals surface area contributed by atoms with E-state index < -0.39 is 17.5 Å². The third kappa shape index (κ3) is 2.40. The first kappa shape index (κ1) is 12.3. The molecule has 2 nitrogen and oxygen atoms in total. The van der Waals surface area contributed by atoms with Crippen LogP contribution in [0.3, 0.4) is 0 Å². The number of nitrogens with one attached hydrogen (secondary N) is 1. The van der Waals surface area contributed by atoms with Crippen molar-refractivity contribution in [2.24, 2.45) is 0 Å². The van der Waals surface area contributed by atoms with E-state index in [2.05, 4.69) is 5.32 Å². The zero-order valence-electron chi connectivity index (χ0n) is 9.60. The van der Waals surface area contributed by atoms with E-state index in [-0.39, 0.29) is 5.69 Å². The molecule has 18 heavy (non-hydrogen) atoms. The van der Waals surface area contributed by atoms with Crippen molar-refractivity contribution >= 4 is 17.1 Å². The van der Waals surface area contributed by atoms with Gasteiger partial charge in [0, 0.05) is 23.5 Å². The Hall–Kier alpha value is -2.17. The minimum atomic E-state index is -1.22. The van der Waals surface area contributed by atoms with Gasteiger partial charge in [-0.1, -0.05) is 6.07 Å². The maximum absolute atomic E-state index is 13.4. The Morgan fingerprint density at radius 2 is 1.56 bits per heavy atom. The number of halogens is 3. The van der Waals surface area contributed by atoms with Gasteiger partial charge >= 0.3 is 0 Å². The number of aryl methyl sites for hydroxylation is 1. The van der Waals surface area contributed by atoms with Gasteiger partial charge in [-0.05, 0) is 24.6 Å². The normalized spacial score (nSPS) is 10.4. The van der Waals surface area contributed by atoms with E-state index in [1.807, 2.05) is 0 Å². The molecule has 0 heterocycles. The molecule has 0 aromatic heterocycles. The van der Waals surface area contributed by atoms with Crippen molar-refractivity contribution < 1.29 is 13.2 Å². The monoisotopic (exact) mass is 252 g/mol. The number of benzene rings is 2. The highest BCUT2D eigenvalue weighted by molar-refractivity contribution is 5.67. The smallest absolute Gasteiger partial charge is 0.161 e. The van der Waals surface area contributed by atoms with Crippen LogP contribution in [0, 0.1) is 24.4 Å². The molecule has 0 unspecified atom stereocenters. The van der Waals surface area contributed by atoms with E-state index in [0.29, 0.717) is 17.4 Å². The molecule has 2 aromatic rings. The maximum Gasteiger partial charge on any atom is 0.161 e. The zero-order chi connectivity index (χ0) is 13.3. The minimum absolute atomic E-state index is 0.136. The number of hydrogen-bond acceptors (Lipinski definition) is 2. The fourth-order valence-corrected chi connectivity index (χ4v) is 1.54. The highest BCUT2D eigenvalue weighted by Crippen LogP contribution is 2.26. The van der Waals surface area contributed by atoms with Crippen LogP contribution in [0.2, 0.25) is 0 Å². The molecule has 0 fully saturated rings. The highest BCUT2D eigenvalue weighted by Gasteiger charge is 2.10. The van der Waals surface area contributed by atoms with Crippen LogP contribution in [0.15, 0.2) is 30.3 Å². The van der Waals surface area contributed by atoms with Crippen molar-refractivity contribution in [3.63, 3.8) is 0 Å². The first-order valence-electron chi connectivity index (χ1n) is 5.25. The van der Waals surface area contributed by atoms with Crippen molar-refractivity contribution in [2.75, 3.05) is 11.1 Å². The lowest BCUT2D eigenvalue weighted by atomic mass is 10.1. The summed E-state index contributed by atoms with van der Waals surface area (Å²) in [4.78, 5) is 0. The molecule has 0 aliphatic heterocycles. The van der Waals surface area contributed by atoms with E-state index >= 15 is 0 Å². The summed E-state index contributed by atoms with van der Waals surface area (Å²) in [6, 6.07) is 6.31. The molecule has 0 aliphatic carbocycles. The molecule has 94 valence electrons. The van der Waals surface area contributed by atoms with Gasteiger partial charge in [0.1, 0.15) is 5.82 Å². The Bertz CT molecular complexity index is 597. The van der Waals surface area contributed by atoms with Crippen molar-refractivity contribution in [3.05, 3.63) is 53.3 Å². The Balaban J connectivity index is 2.40. The molecule has 0 bridgehead atoms. The molecule has 3 N–H and O–H groups in total. The summed E-state index contributed by atoms with van der Waals surface area (Å²) in [6.07, 6.45) is 0. The summed E-state index contributed by atoms with van der Waals surface area (Å²) in [5, 5.41) is 2.69. The first-order valence-corrected chi connectivity index (χ1v) is 5.25. The van der Waals surface area contributed by atoms with Crippen LogP contribution in [0.25, 0.3) is 0 Å². The van der Waals surface area contributed by atoms with Crippen LogP contribution < -0.4 is 11.1 Å². The summed E-state index contributed by atoms with van der Waals surface area (Å²) in [7, 11) is 0. The standard InChI is InChI=1S/C13H11F3N2/c1-7-2-3-8(17)4-12(7)18-13-6-10(15)9(14)5-11(13)16/h2-6,18H,17H2,1H3. The zero-order valence-corrected chi connectivity index (χ0v) is 9.60. The fourth-order valence-electron chi connectivity index (χ4n) is 1.54. The van der Waals surface area contributed by atoms with Crippen molar-refractivity contribution in [3.8, 4) is 0 Å². The quantitative estimate of drug-likeness (QED) is 0.631. The van der Waals surface area contributed by atoms with Crippen LogP contribution in [-0.4, -0.2) is 0 Å². The van der Waals surface area contributed by atoms with Crippen molar-refractivity contribution in [1.82, 2.24) is 0 Å². The van der Waals surface area contributed by atoms with Crippen molar-refractivity contribution in [2.45, 2.75) is 6.92 Å². The van der Waals surface area contributed by atoms with E-state index in [0.717, 1.165) is 11.6 Å². The Morgan fingerprint density at radius 3 is 2.28 bits per heavy atom. The molecule has 0 radical (unpaired) electrons. The number of rotatable bonds is 2. The van der Waals surface area contributed by atoms with Gasteiger partial charge in [-0.15, -0.1) is 0 Å². The summed E-state index contributed by atoms with van der Waals surface area (Å²) in [6.45, 7) is 1.79. The minimum Gasteiger partial charge on any atom is -0.399 e. The summed E-state index contributed by atoms with van der Waals surface area (Å²) < 4.78 is 39.3. The number of anilines is 3. The largest absolute Gasteiger partial charge is 0.399 e. The van der Waals surface area contributed by atoms with Crippen molar-refractivity contribution in [1.29, 1.82) is 0 Å².